The van der Waals surface area contributed by atoms with E-state index >= 15 is 0 Å². The molecule has 0 bridgehead atoms. The first-order valence-electron chi connectivity index (χ1n) is 7.16. The summed E-state index contributed by atoms with van der Waals surface area (Å²) in [6.45, 7) is 5.51. The molecule has 5 nitrogen and oxygen atoms in total. The van der Waals surface area contributed by atoms with Crippen LogP contribution in [-0.4, -0.2) is 48.1 Å². The zero-order valence-electron chi connectivity index (χ0n) is 12.1. The van der Waals surface area contributed by atoms with Crippen molar-refractivity contribution in [1.82, 2.24) is 10.2 Å². The molecule has 0 saturated carbocycles. The minimum Gasteiger partial charge on any atom is -0.396 e. The van der Waals surface area contributed by atoms with Crippen molar-refractivity contribution in [3.63, 3.8) is 0 Å². The Balaban J connectivity index is 2.48. The van der Waals surface area contributed by atoms with Gasteiger partial charge in [0.25, 0.3) is 0 Å². The van der Waals surface area contributed by atoms with Crippen LogP contribution in [0.15, 0.2) is 0 Å². The van der Waals surface area contributed by atoms with Crippen molar-refractivity contribution in [2.45, 2.75) is 46.0 Å². The molecule has 1 heterocycles. The lowest BCUT2D eigenvalue weighted by atomic mass is 9.77. The predicted octanol–water partition coefficient (Wildman–Crippen LogP) is 0.914. The van der Waals surface area contributed by atoms with E-state index in [1.54, 1.807) is 0 Å². The SMILES string of the molecule is CCC[C@]1(CO)CCCN(C(=O)CCNC(C)=O)C1. The van der Waals surface area contributed by atoms with Gasteiger partial charge < -0.3 is 15.3 Å². The lowest BCUT2D eigenvalue weighted by Crippen LogP contribution is -2.48. The highest BCUT2D eigenvalue weighted by Gasteiger charge is 2.35. The second-order valence-electron chi connectivity index (χ2n) is 5.56. The Morgan fingerprint density at radius 2 is 2.16 bits per heavy atom. The third-order valence-electron chi connectivity index (χ3n) is 3.84. The molecular weight excluding hydrogens is 244 g/mol. The van der Waals surface area contributed by atoms with E-state index in [9.17, 15) is 14.7 Å². The fraction of sp³-hybridized carbons (Fsp3) is 0.857. The van der Waals surface area contributed by atoms with Crippen molar-refractivity contribution in [3.05, 3.63) is 0 Å². The van der Waals surface area contributed by atoms with Crippen molar-refractivity contribution in [1.29, 1.82) is 0 Å². The van der Waals surface area contributed by atoms with Gasteiger partial charge in [0.1, 0.15) is 0 Å². The molecule has 5 heteroatoms. The summed E-state index contributed by atoms with van der Waals surface area (Å²) >= 11 is 0. The summed E-state index contributed by atoms with van der Waals surface area (Å²) in [5.74, 6) is -0.0375. The number of aliphatic hydroxyl groups is 1. The Morgan fingerprint density at radius 3 is 2.74 bits per heavy atom. The highest BCUT2D eigenvalue weighted by molar-refractivity contribution is 5.78. The molecule has 0 aromatic rings. The molecule has 0 spiro atoms. The van der Waals surface area contributed by atoms with Crippen LogP contribution in [0.2, 0.25) is 0 Å². The van der Waals surface area contributed by atoms with Gasteiger partial charge in [-0.15, -0.1) is 0 Å². The fourth-order valence-corrected chi connectivity index (χ4v) is 2.87. The number of amides is 2. The molecule has 0 aromatic heterocycles. The minimum atomic E-state index is -0.114. The molecule has 1 aliphatic heterocycles. The van der Waals surface area contributed by atoms with Crippen molar-refractivity contribution >= 4 is 11.8 Å². The Hall–Kier alpha value is -1.10. The Kier molecular flexibility index (Phi) is 6.28. The lowest BCUT2D eigenvalue weighted by Gasteiger charge is -2.42. The topological polar surface area (TPSA) is 69.6 Å². The first kappa shape index (κ1) is 16.0. The number of carbonyl (C=O) groups excluding carboxylic acids is 2. The smallest absolute Gasteiger partial charge is 0.224 e. The number of carbonyl (C=O) groups is 2. The second-order valence-corrected chi connectivity index (χ2v) is 5.56. The van der Waals surface area contributed by atoms with E-state index in [1.807, 2.05) is 4.90 Å². The number of nitrogens with zero attached hydrogens (tertiary/aromatic N) is 1. The summed E-state index contributed by atoms with van der Waals surface area (Å²) in [5.41, 5.74) is -0.114. The number of hydrogen-bond donors (Lipinski definition) is 2. The van der Waals surface area contributed by atoms with Crippen LogP contribution in [0.5, 0.6) is 0 Å². The van der Waals surface area contributed by atoms with Crippen LogP contribution in [0.25, 0.3) is 0 Å². The van der Waals surface area contributed by atoms with Gasteiger partial charge in [0, 0.05) is 38.4 Å². The molecule has 1 fully saturated rings. The first-order valence-corrected chi connectivity index (χ1v) is 7.16. The molecule has 1 saturated heterocycles. The van der Waals surface area contributed by atoms with E-state index in [1.165, 1.54) is 6.92 Å². The minimum absolute atomic E-state index is 0.0716. The number of nitrogens with one attached hydrogen (secondary N) is 1. The van der Waals surface area contributed by atoms with E-state index in [0.29, 0.717) is 19.5 Å². The van der Waals surface area contributed by atoms with Gasteiger partial charge in [0.2, 0.25) is 11.8 Å². The first-order chi connectivity index (χ1) is 9.03. The summed E-state index contributed by atoms with van der Waals surface area (Å²) in [6, 6.07) is 0. The van der Waals surface area contributed by atoms with Crippen molar-refractivity contribution in [2.24, 2.45) is 5.41 Å². The third kappa shape index (κ3) is 4.82. The molecule has 0 radical (unpaired) electrons. The molecule has 1 atom stereocenters. The van der Waals surface area contributed by atoms with E-state index < -0.39 is 0 Å². The van der Waals surface area contributed by atoms with Crippen molar-refractivity contribution in [2.75, 3.05) is 26.2 Å². The van der Waals surface area contributed by atoms with Gasteiger partial charge in [-0.3, -0.25) is 9.59 Å². The summed E-state index contributed by atoms with van der Waals surface area (Å²) in [6.07, 6.45) is 4.26. The zero-order chi connectivity index (χ0) is 14.3. The van der Waals surface area contributed by atoms with E-state index in [0.717, 1.165) is 32.2 Å². The summed E-state index contributed by atoms with van der Waals surface area (Å²) < 4.78 is 0. The Labute approximate surface area is 115 Å². The number of piperidine rings is 1. The highest BCUT2D eigenvalue weighted by atomic mass is 16.3. The Bertz CT molecular complexity index is 316. The quantitative estimate of drug-likeness (QED) is 0.754. The number of aliphatic hydroxyl groups excluding tert-OH is 1. The Morgan fingerprint density at radius 1 is 1.42 bits per heavy atom. The standard InChI is InChI=1S/C14H26N2O3/c1-3-6-14(11-17)7-4-9-16(10-14)13(19)5-8-15-12(2)18/h17H,3-11H2,1-2H3,(H,15,18)/t14-/m0/s1. The summed E-state index contributed by atoms with van der Waals surface area (Å²) in [4.78, 5) is 24.7. The van der Waals surface area contributed by atoms with Gasteiger partial charge >= 0.3 is 0 Å². The molecule has 19 heavy (non-hydrogen) atoms. The second kappa shape index (κ2) is 7.48. The lowest BCUT2D eigenvalue weighted by molar-refractivity contribution is -0.135. The molecule has 110 valence electrons. The summed E-state index contributed by atoms with van der Waals surface area (Å²) in [5, 5.41) is 12.3. The van der Waals surface area contributed by atoms with Crippen molar-refractivity contribution in [3.8, 4) is 0 Å². The molecule has 1 rings (SSSR count). The average Bonchev–Trinajstić information content (AvgIpc) is 2.39. The third-order valence-corrected chi connectivity index (χ3v) is 3.84. The van der Waals surface area contributed by atoms with E-state index in [2.05, 4.69) is 12.2 Å². The molecule has 0 unspecified atom stereocenters. The van der Waals surface area contributed by atoms with Gasteiger partial charge in [0.15, 0.2) is 0 Å². The molecule has 2 amide bonds. The number of rotatable bonds is 6. The van der Waals surface area contributed by atoms with Crippen LogP contribution in [0, 0.1) is 5.41 Å². The normalized spacial score (nSPS) is 23.2. The molecule has 0 aromatic carbocycles. The van der Waals surface area contributed by atoms with Crippen LogP contribution in [-0.2, 0) is 9.59 Å². The van der Waals surface area contributed by atoms with Crippen LogP contribution in [0.4, 0.5) is 0 Å². The molecule has 2 N–H and O–H groups in total. The fourth-order valence-electron chi connectivity index (χ4n) is 2.87. The number of hydrogen-bond acceptors (Lipinski definition) is 3. The molecule has 0 aliphatic carbocycles. The van der Waals surface area contributed by atoms with Crippen molar-refractivity contribution < 1.29 is 14.7 Å². The van der Waals surface area contributed by atoms with E-state index in [-0.39, 0.29) is 23.8 Å². The zero-order valence-corrected chi connectivity index (χ0v) is 12.1. The molecular formula is C14H26N2O3. The largest absolute Gasteiger partial charge is 0.396 e. The summed E-state index contributed by atoms with van der Waals surface area (Å²) in [7, 11) is 0. The highest BCUT2D eigenvalue weighted by Crippen LogP contribution is 2.34. The predicted molar refractivity (Wildman–Crippen MR) is 73.5 cm³/mol. The van der Waals surface area contributed by atoms with Gasteiger partial charge in [0.05, 0.1) is 6.61 Å². The molecule has 1 aliphatic rings. The van der Waals surface area contributed by atoms with Crippen LogP contribution < -0.4 is 5.32 Å². The average molecular weight is 270 g/mol. The van der Waals surface area contributed by atoms with Gasteiger partial charge in [-0.25, -0.2) is 0 Å². The van der Waals surface area contributed by atoms with E-state index in [4.69, 9.17) is 0 Å². The van der Waals surface area contributed by atoms with Gasteiger partial charge in [-0.05, 0) is 19.3 Å². The van der Waals surface area contributed by atoms with Crippen LogP contribution in [0.3, 0.4) is 0 Å². The maximum atomic E-state index is 12.1. The maximum absolute atomic E-state index is 12.1. The van der Waals surface area contributed by atoms with Gasteiger partial charge in [-0.1, -0.05) is 13.3 Å². The van der Waals surface area contributed by atoms with Crippen LogP contribution >= 0.6 is 0 Å². The van der Waals surface area contributed by atoms with Gasteiger partial charge in [-0.2, -0.15) is 0 Å². The monoisotopic (exact) mass is 270 g/mol. The maximum Gasteiger partial charge on any atom is 0.224 e. The number of likely N-dealkylation sites (tertiary alicyclic amines) is 1. The van der Waals surface area contributed by atoms with Crippen LogP contribution in [0.1, 0.15) is 46.0 Å².